The highest BCUT2D eigenvalue weighted by Gasteiger charge is 2.22. The minimum Gasteiger partial charge on any atom is -0.497 e. The quantitative estimate of drug-likeness (QED) is 0.557. The molecular weight excluding hydrogens is 336 g/mol. The van der Waals surface area contributed by atoms with Crippen LogP contribution in [0.4, 0.5) is 11.4 Å². The highest BCUT2D eigenvalue weighted by molar-refractivity contribution is 7.98. The maximum Gasteiger partial charge on any atom is 0.229 e. The first-order chi connectivity index (χ1) is 11.8. The number of nitrogens with zero attached hydrogens (tertiary/aromatic N) is 1. The number of anilines is 1. The number of benzene rings is 2. The molecule has 2 aromatic carbocycles. The second-order valence-electron chi connectivity index (χ2n) is 6.61. The first-order valence-corrected chi connectivity index (χ1v) is 8.86. The number of hydrogen-bond donors (Lipinski definition) is 1. The zero-order valence-electron chi connectivity index (χ0n) is 14.8. The third-order valence-corrected chi connectivity index (χ3v) is 4.63. The summed E-state index contributed by atoms with van der Waals surface area (Å²) in [4.78, 5) is 24.1. The van der Waals surface area contributed by atoms with Crippen molar-refractivity contribution >= 4 is 29.0 Å². The standard InChI is InChI=1S/C19H22N2O3S/c1-19(2,3)18(22)20-17-11-15(9-10-16(17)21-23)25-12-13-5-7-14(24-4)8-6-13/h5-11H,12H2,1-4H3,(H,20,22). The number of nitrogens with one attached hydrogen (secondary N) is 1. The molecule has 0 spiro atoms. The number of rotatable bonds is 6. The van der Waals surface area contributed by atoms with Crippen molar-refractivity contribution in [1.82, 2.24) is 0 Å². The normalized spacial score (nSPS) is 11.0. The van der Waals surface area contributed by atoms with Crippen molar-refractivity contribution < 1.29 is 9.53 Å². The zero-order valence-corrected chi connectivity index (χ0v) is 15.6. The van der Waals surface area contributed by atoms with E-state index >= 15 is 0 Å². The van der Waals surface area contributed by atoms with Crippen LogP contribution in [0.5, 0.6) is 5.75 Å². The molecule has 1 amide bonds. The van der Waals surface area contributed by atoms with E-state index in [1.54, 1.807) is 31.0 Å². The van der Waals surface area contributed by atoms with E-state index in [4.69, 9.17) is 4.74 Å². The third kappa shape index (κ3) is 5.32. The Morgan fingerprint density at radius 2 is 1.84 bits per heavy atom. The fourth-order valence-electron chi connectivity index (χ4n) is 1.98. The van der Waals surface area contributed by atoms with E-state index in [1.165, 1.54) is 0 Å². The van der Waals surface area contributed by atoms with Gasteiger partial charge >= 0.3 is 0 Å². The highest BCUT2D eigenvalue weighted by atomic mass is 32.2. The molecule has 0 atom stereocenters. The minimum atomic E-state index is -0.549. The van der Waals surface area contributed by atoms with Gasteiger partial charge in [0.05, 0.1) is 12.8 Å². The molecule has 0 radical (unpaired) electrons. The van der Waals surface area contributed by atoms with Crippen LogP contribution in [-0.2, 0) is 10.5 Å². The Labute approximate surface area is 152 Å². The van der Waals surface area contributed by atoms with Gasteiger partial charge in [0, 0.05) is 16.1 Å². The fourth-order valence-corrected chi connectivity index (χ4v) is 2.87. The Hall–Kier alpha value is -2.34. The molecule has 25 heavy (non-hydrogen) atoms. The van der Waals surface area contributed by atoms with Crippen LogP contribution in [0.1, 0.15) is 26.3 Å². The van der Waals surface area contributed by atoms with Crippen molar-refractivity contribution in [2.24, 2.45) is 10.6 Å². The van der Waals surface area contributed by atoms with Gasteiger partial charge in [0.2, 0.25) is 5.91 Å². The summed E-state index contributed by atoms with van der Waals surface area (Å²) in [5.41, 5.74) is 1.27. The summed E-state index contributed by atoms with van der Waals surface area (Å²) < 4.78 is 5.15. The predicted molar refractivity (Wildman–Crippen MR) is 103 cm³/mol. The third-order valence-electron chi connectivity index (χ3n) is 3.56. The average Bonchev–Trinajstić information content (AvgIpc) is 2.59. The van der Waals surface area contributed by atoms with Gasteiger partial charge in [0.15, 0.2) is 0 Å². The maximum atomic E-state index is 12.2. The van der Waals surface area contributed by atoms with E-state index in [1.807, 2.05) is 51.1 Å². The number of nitroso groups, excluding NO2 is 1. The number of carbonyl (C=O) groups is 1. The molecule has 132 valence electrons. The molecule has 0 aliphatic carbocycles. The first-order valence-electron chi connectivity index (χ1n) is 7.88. The van der Waals surface area contributed by atoms with Crippen LogP contribution in [0.3, 0.4) is 0 Å². The molecule has 2 aromatic rings. The van der Waals surface area contributed by atoms with Gasteiger partial charge in [-0.3, -0.25) is 4.79 Å². The maximum absolute atomic E-state index is 12.2. The number of methoxy groups -OCH3 is 1. The summed E-state index contributed by atoms with van der Waals surface area (Å²) in [6.45, 7) is 5.45. The number of ether oxygens (including phenoxy) is 1. The van der Waals surface area contributed by atoms with Gasteiger partial charge in [-0.2, -0.15) is 0 Å². The van der Waals surface area contributed by atoms with Crippen LogP contribution in [0.15, 0.2) is 52.5 Å². The van der Waals surface area contributed by atoms with Gasteiger partial charge in [0.1, 0.15) is 11.4 Å². The summed E-state index contributed by atoms with van der Waals surface area (Å²) >= 11 is 1.62. The van der Waals surface area contributed by atoms with E-state index in [0.29, 0.717) is 5.69 Å². The van der Waals surface area contributed by atoms with Crippen LogP contribution in [0.2, 0.25) is 0 Å². The van der Waals surface area contributed by atoms with E-state index < -0.39 is 5.41 Å². The molecule has 0 saturated heterocycles. The minimum absolute atomic E-state index is 0.158. The van der Waals surface area contributed by atoms with Crippen molar-refractivity contribution in [2.45, 2.75) is 31.4 Å². The van der Waals surface area contributed by atoms with Crippen LogP contribution >= 0.6 is 11.8 Å². The summed E-state index contributed by atoms with van der Waals surface area (Å²) in [6, 6.07) is 13.1. The van der Waals surface area contributed by atoms with Crippen molar-refractivity contribution in [1.29, 1.82) is 0 Å². The molecule has 5 nitrogen and oxygen atoms in total. The molecule has 0 fully saturated rings. The second kappa shape index (κ2) is 8.16. The largest absolute Gasteiger partial charge is 0.497 e. The van der Waals surface area contributed by atoms with Gasteiger partial charge in [-0.25, -0.2) is 0 Å². The Balaban J connectivity index is 2.11. The summed E-state index contributed by atoms with van der Waals surface area (Å²) in [6.07, 6.45) is 0. The van der Waals surface area contributed by atoms with Crippen LogP contribution in [0.25, 0.3) is 0 Å². The molecule has 0 bridgehead atoms. The monoisotopic (exact) mass is 358 g/mol. The fraction of sp³-hybridized carbons (Fsp3) is 0.316. The molecule has 0 saturated carbocycles. The molecule has 0 heterocycles. The Kier molecular flexibility index (Phi) is 6.20. The zero-order chi connectivity index (χ0) is 18.4. The van der Waals surface area contributed by atoms with Crippen molar-refractivity contribution in [3.8, 4) is 5.75 Å². The van der Waals surface area contributed by atoms with Gasteiger partial charge in [-0.1, -0.05) is 32.9 Å². The molecule has 0 unspecified atom stereocenters. The van der Waals surface area contributed by atoms with Gasteiger partial charge < -0.3 is 10.1 Å². The molecule has 2 rings (SSSR count). The Morgan fingerprint density at radius 3 is 2.40 bits per heavy atom. The Morgan fingerprint density at radius 1 is 1.16 bits per heavy atom. The predicted octanol–water partition coefficient (Wildman–Crippen LogP) is 5.37. The average molecular weight is 358 g/mol. The SMILES string of the molecule is COc1ccc(CSc2ccc(N=O)c(NC(=O)C(C)(C)C)c2)cc1. The van der Waals surface area contributed by atoms with Gasteiger partial charge in [0.25, 0.3) is 0 Å². The molecule has 0 aromatic heterocycles. The summed E-state index contributed by atoms with van der Waals surface area (Å²) in [5.74, 6) is 1.43. The van der Waals surface area contributed by atoms with Crippen LogP contribution in [0, 0.1) is 10.3 Å². The van der Waals surface area contributed by atoms with Crippen molar-refractivity contribution in [2.75, 3.05) is 12.4 Å². The molecule has 6 heteroatoms. The molecule has 0 aliphatic heterocycles. The summed E-state index contributed by atoms with van der Waals surface area (Å²) in [7, 11) is 1.64. The topological polar surface area (TPSA) is 67.8 Å². The lowest BCUT2D eigenvalue weighted by Crippen LogP contribution is -2.27. The van der Waals surface area contributed by atoms with Gasteiger partial charge in [-0.15, -0.1) is 16.7 Å². The van der Waals surface area contributed by atoms with E-state index in [9.17, 15) is 9.70 Å². The highest BCUT2D eigenvalue weighted by Crippen LogP contribution is 2.33. The first kappa shape index (κ1) is 19.0. The lowest BCUT2D eigenvalue weighted by Gasteiger charge is -2.18. The van der Waals surface area contributed by atoms with Crippen LogP contribution in [-0.4, -0.2) is 13.0 Å². The number of hydrogen-bond acceptors (Lipinski definition) is 5. The van der Waals surface area contributed by atoms with E-state index in [0.717, 1.165) is 22.0 Å². The second-order valence-corrected chi connectivity index (χ2v) is 7.66. The van der Waals surface area contributed by atoms with E-state index in [-0.39, 0.29) is 11.6 Å². The van der Waals surface area contributed by atoms with E-state index in [2.05, 4.69) is 10.5 Å². The number of amides is 1. The number of thioether (sulfide) groups is 1. The Bertz CT molecular complexity index is 752. The lowest BCUT2D eigenvalue weighted by atomic mass is 9.95. The lowest BCUT2D eigenvalue weighted by molar-refractivity contribution is -0.123. The molecule has 0 aliphatic rings. The summed E-state index contributed by atoms with van der Waals surface area (Å²) in [5, 5.41) is 5.79. The smallest absolute Gasteiger partial charge is 0.229 e. The van der Waals surface area contributed by atoms with Gasteiger partial charge in [-0.05, 0) is 41.1 Å². The molecular formula is C19H22N2O3S. The number of carbonyl (C=O) groups excluding carboxylic acids is 1. The van der Waals surface area contributed by atoms with Crippen molar-refractivity contribution in [3.05, 3.63) is 52.9 Å². The van der Waals surface area contributed by atoms with Crippen molar-refractivity contribution in [3.63, 3.8) is 0 Å². The van der Waals surface area contributed by atoms with Crippen LogP contribution < -0.4 is 10.1 Å². The molecule has 1 N–H and O–H groups in total.